The van der Waals surface area contributed by atoms with E-state index in [1.54, 1.807) is 59.9 Å². The van der Waals surface area contributed by atoms with Crippen LogP contribution in [0.3, 0.4) is 0 Å². The number of Topliss-reactive ketones (excluding diaryl/α,β-unsaturated/α-hetero) is 1. The summed E-state index contributed by atoms with van der Waals surface area (Å²) in [6.07, 6.45) is 4.77. The first-order chi connectivity index (χ1) is 24.3. The molecular weight excluding hydrogens is 632 g/mol. The normalized spacial score (nSPS) is 9.80. The fourth-order valence-electron chi connectivity index (χ4n) is 4.72. The molecule has 0 unspecified atom stereocenters. The summed E-state index contributed by atoms with van der Waals surface area (Å²) in [6.45, 7) is 4.31. The van der Waals surface area contributed by atoms with Gasteiger partial charge in [-0.25, -0.2) is 0 Å². The summed E-state index contributed by atoms with van der Waals surface area (Å²) in [4.78, 5) is 29.9. The van der Waals surface area contributed by atoms with E-state index >= 15 is 0 Å². The summed E-state index contributed by atoms with van der Waals surface area (Å²) >= 11 is 0. The van der Waals surface area contributed by atoms with Crippen LogP contribution in [-0.4, -0.2) is 57.0 Å². The topological polar surface area (TPSA) is 135 Å². The van der Waals surface area contributed by atoms with Crippen LogP contribution in [0.25, 0.3) is 21.8 Å². The van der Waals surface area contributed by atoms with E-state index in [9.17, 15) is 9.59 Å². The van der Waals surface area contributed by atoms with Crippen molar-refractivity contribution in [3.63, 3.8) is 0 Å². The number of rotatable bonds is 9. The highest BCUT2D eigenvalue weighted by molar-refractivity contribution is 5.98. The molecule has 4 aromatic carbocycles. The third-order valence-electron chi connectivity index (χ3n) is 7.32. The van der Waals surface area contributed by atoms with Crippen LogP contribution in [0.4, 0.5) is 11.4 Å². The minimum absolute atomic E-state index is 0.187. The molecule has 0 fully saturated rings. The number of nitrogens with zero attached hydrogens (tertiary/aromatic N) is 2. The number of hydrogen-bond acceptors (Lipinski definition) is 10. The Bertz CT molecular complexity index is 1980. The van der Waals surface area contributed by atoms with Gasteiger partial charge < -0.3 is 30.0 Å². The van der Waals surface area contributed by atoms with E-state index in [4.69, 9.17) is 24.7 Å². The largest absolute Gasteiger partial charge is 0.495 e. The summed E-state index contributed by atoms with van der Waals surface area (Å²) in [5.74, 6) is 3.24. The summed E-state index contributed by atoms with van der Waals surface area (Å²) in [5.41, 5.74) is 10.6. The van der Waals surface area contributed by atoms with Gasteiger partial charge in [0.15, 0.2) is 6.29 Å². The van der Waals surface area contributed by atoms with E-state index in [2.05, 4.69) is 28.3 Å². The fourth-order valence-corrected chi connectivity index (χ4v) is 4.72. The van der Waals surface area contributed by atoms with E-state index in [-0.39, 0.29) is 5.78 Å². The van der Waals surface area contributed by atoms with Crippen LogP contribution < -0.4 is 30.0 Å². The second kappa shape index (κ2) is 20.3. The Morgan fingerprint density at radius 3 is 1.76 bits per heavy atom. The maximum absolute atomic E-state index is 10.8. The maximum atomic E-state index is 10.8. The third kappa shape index (κ3) is 10.9. The van der Waals surface area contributed by atoms with Gasteiger partial charge in [0.1, 0.15) is 39.8 Å². The number of para-hydroxylation sites is 6. The van der Waals surface area contributed by atoms with Crippen molar-refractivity contribution in [2.45, 2.75) is 20.3 Å². The Kier molecular flexibility index (Phi) is 15.5. The lowest BCUT2D eigenvalue weighted by atomic mass is 10.1. The zero-order valence-corrected chi connectivity index (χ0v) is 29.3. The number of nitrogen functional groups attached to an aromatic ring is 1. The molecule has 3 N–H and O–H groups in total. The van der Waals surface area contributed by atoms with Gasteiger partial charge >= 0.3 is 0 Å². The molecule has 2 heterocycles. The van der Waals surface area contributed by atoms with Crippen LogP contribution in [0, 0.1) is 6.92 Å². The molecule has 2 aromatic heterocycles. The number of nitrogens with one attached hydrogen (secondary N) is 1. The molecule has 0 atom stereocenters. The molecule has 0 aliphatic carbocycles. The van der Waals surface area contributed by atoms with Crippen LogP contribution in [0.15, 0.2) is 109 Å². The number of fused-ring (bicyclic) bond motifs is 2. The van der Waals surface area contributed by atoms with Crippen molar-refractivity contribution in [2.24, 2.45) is 0 Å². The van der Waals surface area contributed by atoms with E-state index < -0.39 is 0 Å². The van der Waals surface area contributed by atoms with Crippen LogP contribution in [0.2, 0.25) is 0 Å². The van der Waals surface area contributed by atoms with Gasteiger partial charge in [0.2, 0.25) is 0 Å². The Labute approximate surface area is 293 Å². The average molecular weight is 677 g/mol. The number of pyridine rings is 2. The van der Waals surface area contributed by atoms with Gasteiger partial charge in [-0.3, -0.25) is 19.6 Å². The molecule has 10 heteroatoms. The van der Waals surface area contributed by atoms with Gasteiger partial charge in [0.25, 0.3) is 0 Å². The third-order valence-corrected chi connectivity index (χ3v) is 7.32. The van der Waals surface area contributed by atoms with Crippen LogP contribution in [0.5, 0.6) is 23.0 Å². The fraction of sp³-hybridized carbons (Fsp3) is 0.200. The highest BCUT2D eigenvalue weighted by atomic mass is 16.5. The van der Waals surface area contributed by atoms with Crippen molar-refractivity contribution in [3.8, 4) is 23.0 Å². The Morgan fingerprint density at radius 2 is 1.20 bits per heavy atom. The zero-order chi connectivity index (χ0) is 36.3. The molecule has 0 aliphatic heterocycles. The molecule has 260 valence electrons. The first-order valence-corrected chi connectivity index (χ1v) is 15.8. The Morgan fingerprint density at radius 1 is 0.680 bits per heavy atom. The predicted octanol–water partition coefficient (Wildman–Crippen LogP) is 7.97. The number of aryl methyl sites for hydroxylation is 1. The van der Waals surface area contributed by atoms with Crippen LogP contribution in [0.1, 0.15) is 29.3 Å². The van der Waals surface area contributed by atoms with E-state index in [0.717, 1.165) is 51.0 Å². The van der Waals surface area contributed by atoms with Crippen molar-refractivity contribution in [1.29, 1.82) is 0 Å². The number of methoxy groups -OCH3 is 4. The number of hydrogen-bond donors (Lipinski definition) is 2. The average Bonchev–Trinajstić information content (AvgIpc) is 3.15. The van der Waals surface area contributed by atoms with E-state index in [1.807, 2.05) is 78.9 Å². The number of benzene rings is 4. The summed E-state index contributed by atoms with van der Waals surface area (Å²) in [5, 5.41) is 5.13. The molecule has 0 saturated carbocycles. The molecule has 0 amide bonds. The number of aromatic nitrogens is 2. The Hall–Kier alpha value is -6.16. The molecule has 0 radical (unpaired) electrons. The molecule has 0 spiro atoms. The highest BCUT2D eigenvalue weighted by Gasteiger charge is 2.05. The number of ether oxygens (including phenoxy) is 4. The van der Waals surface area contributed by atoms with Gasteiger partial charge in [-0.15, -0.1) is 0 Å². The SMILES string of the molecule is COc1cccc2c(C)ccnc12.COc1cccc2c(C=O)ccnc12.COc1ccccc1N.COc1ccccc1NCCC(C)=O. The highest BCUT2D eigenvalue weighted by Crippen LogP contribution is 2.26. The molecule has 0 saturated heterocycles. The minimum Gasteiger partial charge on any atom is -0.495 e. The second-order valence-electron chi connectivity index (χ2n) is 10.7. The molecule has 6 aromatic rings. The molecule has 50 heavy (non-hydrogen) atoms. The van der Waals surface area contributed by atoms with E-state index in [0.29, 0.717) is 30.0 Å². The summed E-state index contributed by atoms with van der Waals surface area (Å²) < 4.78 is 20.4. The summed E-state index contributed by atoms with van der Waals surface area (Å²) in [7, 11) is 6.49. The maximum Gasteiger partial charge on any atom is 0.150 e. The minimum atomic E-state index is 0.187. The predicted molar refractivity (Wildman–Crippen MR) is 201 cm³/mol. The van der Waals surface area contributed by atoms with Crippen LogP contribution in [-0.2, 0) is 4.79 Å². The lowest BCUT2D eigenvalue weighted by molar-refractivity contribution is -0.116. The number of carbonyl (C=O) groups excluding carboxylic acids is 2. The summed E-state index contributed by atoms with van der Waals surface area (Å²) in [6, 6.07) is 30.2. The molecule has 6 rings (SSSR count). The van der Waals surface area contributed by atoms with Gasteiger partial charge in [-0.2, -0.15) is 0 Å². The number of carbonyl (C=O) groups is 2. The lowest BCUT2D eigenvalue weighted by Crippen LogP contribution is -2.06. The first kappa shape index (κ1) is 38.3. The molecule has 10 nitrogen and oxygen atoms in total. The number of aldehydes is 1. The number of anilines is 2. The van der Waals surface area contributed by atoms with E-state index in [1.165, 1.54) is 5.56 Å². The lowest BCUT2D eigenvalue weighted by Gasteiger charge is -2.09. The second-order valence-corrected chi connectivity index (χ2v) is 10.7. The molecular formula is C40H44N4O6. The van der Waals surface area contributed by atoms with Gasteiger partial charge in [-0.05, 0) is 67.9 Å². The number of ketones is 1. The monoisotopic (exact) mass is 676 g/mol. The van der Waals surface area contributed by atoms with Gasteiger partial charge in [0.05, 0.1) is 39.8 Å². The van der Waals surface area contributed by atoms with Gasteiger partial charge in [-0.1, -0.05) is 48.5 Å². The quantitative estimate of drug-likeness (QED) is 0.115. The zero-order valence-electron chi connectivity index (χ0n) is 29.3. The van der Waals surface area contributed by atoms with Crippen molar-refractivity contribution >= 4 is 45.3 Å². The van der Waals surface area contributed by atoms with Crippen molar-refractivity contribution < 1.29 is 28.5 Å². The first-order valence-electron chi connectivity index (χ1n) is 15.8. The smallest absolute Gasteiger partial charge is 0.150 e. The molecule has 0 bridgehead atoms. The van der Waals surface area contributed by atoms with Crippen LogP contribution >= 0.6 is 0 Å². The van der Waals surface area contributed by atoms with Crippen molar-refractivity contribution in [2.75, 3.05) is 46.0 Å². The van der Waals surface area contributed by atoms with Crippen molar-refractivity contribution in [1.82, 2.24) is 9.97 Å². The Balaban J connectivity index is 0.000000182. The van der Waals surface area contributed by atoms with Crippen molar-refractivity contribution in [3.05, 3.63) is 121 Å². The number of nitrogens with two attached hydrogens (primary N) is 1. The standard InChI is InChI=1S/C11H9NO2.C11H15NO2.C11H11NO.C7H9NO/c1-14-10-4-2-3-9-8(7-13)5-6-12-11(9)10;1-9(13)7-8-12-10-5-3-4-6-11(10)14-2;1-8-6-7-12-11-9(8)4-3-5-10(11)13-2;1-9-7-5-3-2-4-6(7)8/h2-7H,1H3;3-6,12H,7-8H2,1-2H3;3-7H,1-2H3;2-5H,8H2,1H3. The van der Waals surface area contributed by atoms with Gasteiger partial charge in [0, 0.05) is 41.7 Å². The molecule has 0 aliphatic rings.